The van der Waals surface area contributed by atoms with Crippen LogP contribution in [0.5, 0.6) is 0 Å². The molecule has 2 aromatic carbocycles. The molecule has 0 aromatic heterocycles. The molecule has 2 spiro atoms. The van der Waals surface area contributed by atoms with E-state index >= 15 is 4.79 Å². The van der Waals surface area contributed by atoms with E-state index in [1.165, 1.54) is 12.1 Å². The number of halogens is 3. The smallest absolute Gasteiger partial charge is 0.416 e. The number of aliphatic hydroxyl groups excluding tert-OH is 1. The lowest BCUT2D eigenvalue weighted by Crippen LogP contribution is -2.67. The molecule has 10 atom stereocenters. The summed E-state index contributed by atoms with van der Waals surface area (Å²) in [5.41, 5.74) is -6.69. The molecule has 8 aliphatic rings. The van der Waals surface area contributed by atoms with Crippen molar-refractivity contribution >= 4 is 17.7 Å². The van der Waals surface area contributed by atoms with Crippen LogP contribution in [0, 0.1) is 44.3 Å². The predicted molar refractivity (Wildman–Crippen MR) is 206 cm³/mol. The van der Waals surface area contributed by atoms with E-state index in [1.807, 2.05) is 57.2 Å². The van der Waals surface area contributed by atoms with Gasteiger partial charge in [-0.3, -0.25) is 14.4 Å². The highest BCUT2D eigenvalue weighted by atomic mass is 19.4. The number of rotatable bonds is 7. The lowest BCUT2D eigenvalue weighted by molar-refractivity contribution is -0.187. The zero-order valence-electron chi connectivity index (χ0n) is 33.5. The predicted octanol–water partition coefficient (Wildman–Crippen LogP) is 8.63. The fourth-order valence-corrected chi connectivity index (χ4v) is 13.9. The Labute approximate surface area is 332 Å². The summed E-state index contributed by atoms with van der Waals surface area (Å²) in [5, 5.41) is 24.4. The van der Waals surface area contributed by atoms with E-state index in [9.17, 15) is 33.0 Å². The number of aliphatic hydroxyl groups is 2. The van der Waals surface area contributed by atoms with Gasteiger partial charge in [0, 0.05) is 39.3 Å². The summed E-state index contributed by atoms with van der Waals surface area (Å²) in [6, 6.07) is 14.2. The zero-order valence-corrected chi connectivity index (χ0v) is 33.5. The second kappa shape index (κ2) is 11.9. The maximum absolute atomic E-state index is 15.2. The van der Waals surface area contributed by atoms with Gasteiger partial charge >= 0.3 is 12.1 Å². The van der Waals surface area contributed by atoms with Crippen LogP contribution >= 0.6 is 0 Å². The van der Waals surface area contributed by atoms with Gasteiger partial charge in [0.1, 0.15) is 0 Å². The van der Waals surface area contributed by atoms with E-state index < -0.39 is 61.9 Å². The van der Waals surface area contributed by atoms with E-state index in [2.05, 4.69) is 26.0 Å². The van der Waals surface area contributed by atoms with Crippen LogP contribution in [0.3, 0.4) is 0 Å². The molecule has 7 aliphatic carbocycles. The van der Waals surface area contributed by atoms with Crippen molar-refractivity contribution in [1.29, 1.82) is 0 Å². The number of esters is 1. The van der Waals surface area contributed by atoms with E-state index in [0.29, 0.717) is 56.9 Å². The van der Waals surface area contributed by atoms with Crippen LogP contribution in [0.2, 0.25) is 0 Å². The fraction of sp³-hybridized carbons (Fsp3) is 0.596. The number of fused-ring (bicyclic) bond motifs is 3. The van der Waals surface area contributed by atoms with E-state index in [1.54, 1.807) is 4.90 Å². The second-order valence-corrected chi connectivity index (χ2v) is 20.0. The van der Waals surface area contributed by atoms with E-state index in [4.69, 9.17) is 4.74 Å². The van der Waals surface area contributed by atoms with Crippen molar-refractivity contribution in [3.8, 4) is 0 Å². The Kier molecular flexibility index (Phi) is 8.11. The summed E-state index contributed by atoms with van der Waals surface area (Å²) in [6.45, 7) is 10.3. The Balaban J connectivity index is 1.14. The number of alkyl halides is 3. The van der Waals surface area contributed by atoms with E-state index in [0.717, 1.165) is 24.1 Å². The summed E-state index contributed by atoms with van der Waals surface area (Å²) in [5.74, 6) is -1.48. The molecule has 5 fully saturated rings. The highest BCUT2D eigenvalue weighted by molar-refractivity contribution is 6.10. The van der Waals surface area contributed by atoms with Gasteiger partial charge in [-0.1, -0.05) is 88.4 Å². The number of allylic oxidation sites excluding steroid dienone is 4. The number of ketones is 1. The van der Waals surface area contributed by atoms with Gasteiger partial charge in [-0.05, 0) is 99.7 Å². The quantitative estimate of drug-likeness (QED) is 0.166. The van der Waals surface area contributed by atoms with Gasteiger partial charge in [-0.15, -0.1) is 0 Å². The Morgan fingerprint density at radius 2 is 1.54 bits per heavy atom. The minimum absolute atomic E-state index is 0.0156. The zero-order chi connectivity index (χ0) is 40.8. The molecule has 304 valence electrons. The number of carbonyl (C=O) groups is 3. The third-order valence-electron chi connectivity index (χ3n) is 17.8. The Bertz CT molecular complexity index is 2130. The van der Waals surface area contributed by atoms with Crippen molar-refractivity contribution in [3.63, 3.8) is 0 Å². The molecular formula is C47H54F3NO6. The normalized spacial score (nSPS) is 42.2. The van der Waals surface area contributed by atoms with Crippen molar-refractivity contribution < 1.29 is 42.5 Å². The summed E-state index contributed by atoms with van der Waals surface area (Å²) in [6.07, 6.45) is 5.93. The number of Topliss-reactive ketones (excluding diaryl/α,β-unsaturated/α-hetero) is 1. The van der Waals surface area contributed by atoms with Crippen LogP contribution in [-0.4, -0.2) is 56.6 Å². The van der Waals surface area contributed by atoms with Gasteiger partial charge in [0.25, 0.3) is 5.91 Å². The number of hydrogen-bond acceptors (Lipinski definition) is 6. The number of hydrogen-bond donors (Lipinski definition) is 2. The van der Waals surface area contributed by atoms with Crippen molar-refractivity contribution in [2.45, 2.75) is 122 Å². The molecule has 4 bridgehead atoms. The largest absolute Gasteiger partial charge is 0.448 e. The first-order valence-electron chi connectivity index (χ1n) is 20.8. The molecule has 10 heteroatoms. The van der Waals surface area contributed by atoms with Crippen molar-refractivity contribution in [2.75, 3.05) is 6.54 Å². The number of carbonyl (C=O) groups excluding carboxylic acids is 3. The van der Waals surface area contributed by atoms with E-state index in [-0.39, 0.29) is 47.8 Å². The molecular weight excluding hydrogens is 732 g/mol. The van der Waals surface area contributed by atoms with Crippen LogP contribution in [0.1, 0.15) is 114 Å². The maximum Gasteiger partial charge on any atom is 0.416 e. The van der Waals surface area contributed by atoms with Crippen LogP contribution in [0.4, 0.5) is 13.2 Å². The van der Waals surface area contributed by atoms with Gasteiger partial charge < -0.3 is 19.8 Å². The third kappa shape index (κ3) is 4.77. The number of amides is 1. The molecule has 1 amide bonds. The van der Waals surface area contributed by atoms with Crippen LogP contribution in [0.15, 0.2) is 78.4 Å². The van der Waals surface area contributed by atoms with Gasteiger partial charge in [0.15, 0.2) is 11.4 Å². The minimum Gasteiger partial charge on any atom is -0.448 e. The van der Waals surface area contributed by atoms with Crippen molar-refractivity contribution in [3.05, 3.63) is 95.1 Å². The minimum atomic E-state index is -4.63. The summed E-state index contributed by atoms with van der Waals surface area (Å²) < 4.78 is 48.1. The Morgan fingerprint density at radius 1 is 0.860 bits per heavy atom. The first kappa shape index (κ1) is 38.7. The lowest BCUT2D eigenvalue weighted by Gasteiger charge is -2.71. The molecule has 0 radical (unpaired) electrons. The third-order valence-corrected chi connectivity index (χ3v) is 17.8. The fourth-order valence-electron chi connectivity index (χ4n) is 13.9. The summed E-state index contributed by atoms with van der Waals surface area (Å²) in [7, 11) is 0. The Hall–Kier alpha value is -3.76. The Morgan fingerprint density at radius 3 is 2.21 bits per heavy atom. The first-order chi connectivity index (χ1) is 26.6. The van der Waals surface area contributed by atoms with Crippen LogP contribution in [-0.2, 0) is 27.0 Å². The number of nitrogens with zero attached hydrogens (tertiary/aromatic N) is 1. The molecule has 2 N–H and O–H groups in total. The lowest BCUT2D eigenvalue weighted by atomic mass is 9.32. The molecule has 1 heterocycles. The SMILES string of the molecule is CC1(C)[C@@]2(C)CC[C@]1(C(=O)N(Cc1ccccc1)C[C@]1(O)CC[C@H]3[C@]45C=C[C@@]6(C=C4C(=O)c4cccc(C(F)(F)F)c4)CC(O)CC[C@]6(C)[C@H]5CC[C@@]31C)OC2=O. The molecule has 1 aliphatic heterocycles. The van der Waals surface area contributed by atoms with Crippen LogP contribution < -0.4 is 0 Å². The van der Waals surface area contributed by atoms with Gasteiger partial charge in [-0.2, -0.15) is 13.2 Å². The summed E-state index contributed by atoms with van der Waals surface area (Å²) in [4.78, 5) is 45.2. The topological polar surface area (TPSA) is 104 Å². The molecule has 1 unspecified atom stereocenters. The van der Waals surface area contributed by atoms with Gasteiger partial charge in [0.05, 0.1) is 29.2 Å². The molecule has 57 heavy (non-hydrogen) atoms. The molecule has 4 saturated carbocycles. The second-order valence-electron chi connectivity index (χ2n) is 20.0. The standard InChI is InChI=1S/C47H54F3NO6/c1-39(2)42(5)20-23-46(39,57-38(42)55)37(54)51(27-29-10-7-6-8-11-29)28-44(56)19-16-35-41(44,4)18-15-34-40(3)17-14-32(52)25-43(40)21-22-45(34,35)33(26-43)36(53)30-12-9-13-31(24-30)47(48,49)50/h6-13,21-22,24,26,32,34-35,52,56H,14-20,23,25,27-28H2,1-5H3/t32?,34-,35-,40-,41+,42+,43+,44-,45-,46-/m1/s1. The average Bonchev–Trinajstić information content (AvgIpc) is 3.62. The highest BCUT2D eigenvalue weighted by Gasteiger charge is 2.78. The number of ether oxygens (including phenoxy) is 1. The van der Waals surface area contributed by atoms with Crippen molar-refractivity contribution in [1.82, 2.24) is 4.90 Å². The van der Waals surface area contributed by atoms with Crippen molar-refractivity contribution in [2.24, 2.45) is 44.3 Å². The molecule has 10 rings (SSSR count). The van der Waals surface area contributed by atoms with Gasteiger partial charge in [-0.25, -0.2) is 0 Å². The maximum atomic E-state index is 15.2. The highest BCUT2D eigenvalue weighted by Crippen LogP contribution is 2.78. The van der Waals surface area contributed by atoms with Crippen LogP contribution in [0.25, 0.3) is 0 Å². The monoisotopic (exact) mass is 785 g/mol. The first-order valence-corrected chi connectivity index (χ1v) is 20.8. The summed E-state index contributed by atoms with van der Waals surface area (Å²) >= 11 is 0. The number of benzene rings is 2. The average molecular weight is 786 g/mol. The van der Waals surface area contributed by atoms with Gasteiger partial charge in [0.2, 0.25) is 0 Å². The molecule has 7 nitrogen and oxygen atoms in total. The molecule has 1 saturated heterocycles. The molecule has 2 aromatic rings.